The number of hydrogen-bond donors (Lipinski definition) is 2. The molecule has 0 spiro atoms. The molecule has 4 rings (SSSR count). The summed E-state index contributed by atoms with van der Waals surface area (Å²) < 4.78 is 15.5. The summed E-state index contributed by atoms with van der Waals surface area (Å²) in [4.78, 5) is 12.9. The van der Waals surface area contributed by atoms with E-state index in [4.69, 9.17) is 5.73 Å². The van der Waals surface area contributed by atoms with E-state index >= 15 is 0 Å². The molecule has 5 nitrogen and oxygen atoms in total. The van der Waals surface area contributed by atoms with Gasteiger partial charge in [-0.25, -0.2) is 9.07 Å². The monoisotopic (exact) mass is 356 g/mol. The molecule has 1 aromatic heterocycles. The van der Waals surface area contributed by atoms with Gasteiger partial charge in [0.05, 0.1) is 17.5 Å². The SMILES string of the molecule is Cc1c(C(=O)NC2C3CCCC2CC(N)C3)cnn1-c1ccccc1F. The highest BCUT2D eigenvalue weighted by Gasteiger charge is 2.40. The molecule has 138 valence electrons. The topological polar surface area (TPSA) is 72.9 Å². The molecule has 2 aliphatic carbocycles. The highest BCUT2D eigenvalue weighted by molar-refractivity contribution is 5.95. The second-order valence-electron chi connectivity index (χ2n) is 7.69. The number of carbonyl (C=O) groups is 1. The quantitative estimate of drug-likeness (QED) is 0.888. The minimum Gasteiger partial charge on any atom is -0.349 e. The van der Waals surface area contributed by atoms with Gasteiger partial charge >= 0.3 is 0 Å². The highest BCUT2D eigenvalue weighted by atomic mass is 19.1. The standard InChI is InChI=1S/C20H25FN4O/c1-12-16(11-23-25(12)18-8-3-2-7-17(18)21)20(26)24-19-13-5-4-6-14(19)10-15(22)9-13/h2-3,7-8,11,13-15,19H,4-6,9-10,22H2,1H3,(H,24,26). The van der Waals surface area contributed by atoms with Crippen LogP contribution in [0.1, 0.15) is 48.2 Å². The van der Waals surface area contributed by atoms with Gasteiger partial charge in [0.1, 0.15) is 11.5 Å². The Morgan fingerprint density at radius 2 is 1.96 bits per heavy atom. The van der Waals surface area contributed by atoms with E-state index in [0.717, 1.165) is 25.7 Å². The Bertz CT molecular complexity index is 804. The fourth-order valence-electron chi connectivity index (χ4n) is 4.75. The number of hydrogen-bond acceptors (Lipinski definition) is 3. The first-order valence-corrected chi connectivity index (χ1v) is 9.40. The molecule has 2 fully saturated rings. The molecule has 1 heterocycles. The number of nitrogens with two attached hydrogens (primary N) is 1. The Hall–Kier alpha value is -2.21. The fraction of sp³-hybridized carbons (Fsp3) is 0.500. The first-order chi connectivity index (χ1) is 12.5. The first-order valence-electron chi connectivity index (χ1n) is 9.40. The van der Waals surface area contributed by atoms with E-state index in [2.05, 4.69) is 10.4 Å². The highest BCUT2D eigenvalue weighted by Crippen LogP contribution is 2.39. The third-order valence-corrected chi connectivity index (χ3v) is 6.01. The van der Waals surface area contributed by atoms with E-state index in [0.29, 0.717) is 28.8 Å². The largest absolute Gasteiger partial charge is 0.349 e. The number of amides is 1. The van der Waals surface area contributed by atoms with Crippen LogP contribution < -0.4 is 11.1 Å². The summed E-state index contributed by atoms with van der Waals surface area (Å²) in [7, 11) is 0. The van der Waals surface area contributed by atoms with Crippen molar-refractivity contribution in [3.63, 3.8) is 0 Å². The van der Waals surface area contributed by atoms with Crippen LogP contribution in [0.4, 0.5) is 4.39 Å². The average molecular weight is 356 g/mol. The van der Waals surface area contributed by atoms with E-state index in [1.807, 2.05) is 0 Å². The van der Waals surface area contributed by atoms with Gasteiger partial charge in [-0.1, -0.05) is 18.6 Å². The van der Waals surface area contributed by atoms with Crippen molar-refractivity contribution < 1.29 is 9.18 Å². The van der Waals surface area contributed by atoms with Crippen LogP contribution >= 0.6 is 0 Å². The molecule has 1 aromatic carbocycles. The number of carbonyl (C=O) groups excluding carboxylic acids is 1. The van der Waals surface area contributed by atoms with Crippen molar-refractivity contribution in [1.29, 1.82) is 0 Å². The third-order valence-electron chi connectivity index (χ3n) is 6.01. The molecule has 0 aliphatic heterocycles. The average Bonchev–Trinajstić information content (AvgIpc) is 2.97. The predicted molar refractivity (Wildman–Crippen MR) is 97.6 cm³/mol. The van der Waals surface area contributed by atoms with Crippen LogP contribution in [0.25, 0.3) is 5.69 Å². The van der Waals surface area contributed by atoms with Gasteiger partial charge in [-0.3, -0.25) is 4.79 Å². The normalized spacial score (nSPS) is 28.0. The number of rotatable bonds is 3. The van der Waals surface area contributed by atoms with Crippen LogP contribution in [0, 0.1) is 24.6 Å². The van der Waals surface area contributed by atoms with Crippen molar-refractivity contribution in [3.8, 4) is 5.69 Å². The van der Waals surface area contributed by atoms with E-state index in [1.165, 1.54) is 23.4 Å². The lowest BCUT2D eigenvalue weighted by Crippen LogP contribution is -2.53. The lowest BCUT2D eigenvalue weighted by atomic mass is 9.67. The first kappa shape index (κ1) is 17.2. The van der Waals surface area contributed by atoms with Crippen molar-refractivity contribution in [2.45, 2.75) is 51.1 Å². The van der Waals surface area contributed by atoms with Crippen molar-refractivity contribution in [2.75, 3.05) is 0 Å². The lowest BCUT2D eigenvalue weighted by molar-refractivity contribution is 0.0755. The maximum Gasteiger partial charge on any atom is 0.254 e. The smallest absolute Gasteiger partial charge is 0.254 e. The summed E-state index contributed by atoms with van der Waals surface area (Å²) in [6.45, 7) is 1.80. The number of benzene rings is 1. The molecule has 3 N–H and O–H groups in total. The molecule has 2 saturated carbocycles. The molecule has 2 atom stereocenters. The Balaban J connectivity index is 1.55. The molecule has 2 aromatic rings. The van der Waals surface area contributed by atoms with Crippen molar-refractivity contribution in [1.82, 2.24) is 15.1 Å². The van der Waals surface area contributed by atoms with Gasteiger partial charge < -0.3 is 11.1 Å². The number of aromatic nitrogens is 2. The summed E-state index contributed by atoms with van der Waals surface area (Å²) in [5.41, 5.74) is 7.67. The summed E-state index contributed by atoms with van der Waals surface area (Å²) in [6.07, 6.45) is 6.97. The number of halogens is 1. The molecule has 2 aliphatic rings. The zero-order chi connectivity index (χ0) is 18.3. The summed E-state index contributed by atoms with van der Waals surface area (Å²) in [6, 6.07) is 6.88. The van der Waals surface area contributed by atoms with Crippen molar-refractivity contribution in [2.24, 2.45) is 17.6 Å². The molecular weight excluding hydrogens is 331 g/mol. The maximum absolute atomic E-state index is 14.1. The Kier molecular flexibility index (Phi) is 4.53. The Labute approximate surface area is 152 Å². The zero-order valence-corrected chi connectivity index (χ0v) is 15.0. The minimum absolute atomic E-state index is 0.123. The van der Waals surface area contributed by atoms with E-state index in [1.54, 1.807) is 25.1 Å². The van der Waals surface area contributed by atoms with Gasteiger partial charge in [0.15, 0.2) is 0 Å². The second-order valence-corrected chi connectivity index (χ2v) is 7.69. The predicted octanol–water partition coefficient (Wildman–Crippen LogP) is 2.96. The molecule has 2 unspecified atom stereocenters. The molecule has 6 heteroatoms. The number of para-hydroxylation sites is 1. The van der Waals surface area contributed by atoms with Crippen LogP contribution in [0.5, 0.6) is 0 Å². The van der Waals surface area contributed by atoms with Crippen LogP contribution in [-0.2, 0) is 0 Å². The summed E-state index contributed by atoms with van der Waals surface area (Å²) in [5.74, 6) is 0.440. The maximum atomic E-state index is 14.1. The molecule has 26 heavy (non-hydrogen) atoms. The van der Waals surface area contributed by atoms with Gasteiger partial charge in [0.25, 0.3) is 5.91 Å². The van der Waals surface area contributed by atoms with Crippen LogP contribution in [0.3, 0.4) is 0 Å². The molecule has 0 saturated heterocycles. The zero-order valence-electron chi connectivity index (χ0n) is 15.0. The van der Waals surface area contributed by atoms with Gasteiger partial charge in [0, 0.05) is 12.1 Å². The van der Waals surface area contributed by atoms with Crippen LogP contribution in [0.2, 0.25) is 0 Å². The Morgan fingerprint density at radius 1 is 1.27 bits per heavy atom. The summed E-state index contributed by atoms with van der Waals surface area (Å²) in [5, 5.41) is 7.48. The minimum atomic E-state index is -0.360. The van der Waals surface area contributed by atoms with Crippen LogP contribution in [0.15, 0.2) is 30.5 Å². The molecular formula is C20H25FN4O. The third kappa shape index (κ3) is 3.03. The van der Waals surface area contributed by atoms with E-state index in [9.17, 15) is 9.18 Å². The summed E-state index contributed by atoms with van der Waals surface area (Å²) >= 11 is 0. The molecule has 2 bridgehead atoms. The van der Waals surface area contributed by atoms with E-state index < -0.39 is 0 Å². The van der Waals surface area contributed by atoms with Gasteiger partial charge in [-0.05, 0) is 56.6 Å². The number of fused-ring (bicyclic) bond motifs is 2. The van der Waals surface area contributed by atoms with Crippen LogP contribution in [-0.4, -0.2) is 27.8 Å². The van der Waals surface area contributed by atoms with Gasteiger partial charge in [-0.15, -0.1) is 0 Å². The fourth-order valence-corrected chi connectivity index (χ4v) is 4.75. The van der Waals surface area contributed by atoms with Crippen molar-refractivity contribution in [3.05, 3.63) is 47.5 Å². The van der Waals surface area contributed by atoms with Gasteiger partial charge in [0.2, 0.25) is 0 Å². The Morgan fingerprint density at radius 3 is 2.65 bits per heavy atom. The molecule has 1 amide bonds. The lowest BCUT2D eigenvalue weighted by Gasteiger charge is -2.45. The number of nitrogens with one attached hydrogen (secondary N) is 1. The van der Waals surface area contributed by atoms with E-state index in [-0.39, 0.29) is 23.8 Å². The molecule has 0 radical (unpaired) electrons. The second kappa shape index (κ2) is 6.83. The van der Waals surface area contributed by atoms with Crippen molar-refractivity contribution >= 4 is 5.91 Å². The van der Waals surface area contributed by atoms with Gasteiger partial charge in [-0.2, -0.15) is 5.10 Å². The number of nitrogens with zero attached hydrogens (tertiary/aromatic N) is 2.